The number of methoxy groups -OCH3 is 1. The second kappa shape index (κ2) is 6.13. The monoisotopic (exact) mass is 347 g/mol. The summed E-state index contributed by atoms with van der Waals surface area (Å²) in [6.45, 7) is 7.44. The number of alkyl halides is 3. The van der Waals surface area contributed by atoms with Gasteiger partial charge in [-0.2, -0.15) is 0 Å². The summed E-state index contributed by atoms with van der Waals surface area (Å²) in [4.78, 5) is 0. The van der Waals surface area contributed by atoms with Crippen LogP contribution in [0.15, 0.2) is 18.2 Å². The fourth-order valence-electron chi connectivity index (χ4n) is 2.35. The van der Waals surface area contributed by atoms with E-state index >= 15 is 0 Å². The standard InChI is InChI=1S/C15H21BF3NO4/c1-13(2)14(3,4)24-16(23-13)12(20)10-8-9(22-15(17,18)19)6-7-11(10)21-5/h6-8,12H,20H2,1-5H3/t12-/m0/s1. The second-order valence-corrected chi connectivity index (χ2v) is 6.60. The Hall–Kier alpha value is -1.45. The molecule has 0 bridgehead atoms. The maximum Gasteiger partial charge on any atom is 0.573 e. The third-order valence-corrected chi connectivity index (χ3v) is 4.36. The van der Waals surface area contributed by atoms with Crippen molar-refractivity contribution >= 4 is 7.12 Å². The van der Waals surface area contributed by atoms with Crippen LogP contribution in [0.1, 0.15) is 39.2 Å². The molecule has 5 nitrogen and oxygen atoms in total. The van der Waals surface area contributed by atoms with E-state index in [4.69, 9.17) is 19.8 Å². The number of benzene rings is 1. The molecule has 0 radical (unpaired) electrons. The van der Waals surface area contributed by atoms with Gasteiger partial charge in [0.1, 0.15) is 11.5 Å². The maximum absolute atomic E-state index is 12.4. The van der Waals surface area contributed by atoms with E-state index in [1.54, 1.807) is 0 Å². The van der Waals surface area contributed by atoms with Crippen LogP contribution in [0.5, 0.6) is 11.5 Å². The lowest BCUT2D eigenvalue weighted by atomic mass is 9.74. The summed E-state index contributed by atoms with van der Waals surface area (Å²) in [5.74, 6) is -0.908. The number of rotatable bonds is 4. The number of hydrogen-bond donors (Lipinski definition) is 1. The molecular weight excluding hydrogens is 326 g/mol. The smallest absolute Gasteiger partial charge is 0.496 e. The Morgan fingerprint density at radius 2 is 1.67 bits per heavy atom. The molecule has 2 rings (SSSR count). The van der Waals surface area contributed by atoms with E-state index in [2.05, 4.69) is 4.74 Å². The van der Waals surface area contributed by atoms with Gasteiger partial charge in [-0.15, -0.1) is 13.2 Å². The van der Waals surface area contributed by atoms with Crippen molar-refractivity contribution in [3.05, 3.63) is 23.8 Å². The van der Waals surface area contributed by atoms with Gasteiger partial charge in [-0.05, 0) is 45.9 Å². The molecule has 1 aromatic carbocycles. The number of ether oxygens (including phenoxy) is 2. The lowest BCUT2D eigenvalue weighted by Crippen LogP contribution is -2.41. The van der Waals surface area contributed by atoms with Crippen LogP contribution in [0.3, 0.4) is 0 Å². The molecular formula is C15H21BF3NO4. The van der Waals surface area contributed by atoms with Gasteiger partial charge in [0.25, 0.3) is 0 Å². The molecule has 1 atom stereocenters. The molecule has 1 saturated heterocycles. The molecule has 0 unspecified atom stereocenters. The van der Waals surface area contributed by atoms with Crippen LogP contribution < -0.4 is 15.2 Å². The van der Waals surface area contributed by atoms with E-state index in [1.165, 1.54) is 19.2 Å². The fourth-order valence-corrected chi connectivity index (χ4v) is 2.35. The van der Waals surface area contributed by atoms with Crippen molar-refractivity contribution in [2.45, 2.75) is 51.2 Å². The molecule has 1 fully saturated rings. The highest BCUT2D eigenvalue weighted by atomic mass is 19.4. The average Bonchev–Trinajstić information content (AvgIpc) is 2.65. The average molecular weight is 347 g/mol. The number of halogens is 3. The molecule has 1 aromatic rings. The lowest BCUT2D eigenvalue weighted by Gasteiger charge is -2.32. The molecule has 0 aliphatic carbocycles. The summed E-state index contributed by atoms with van der Waals surface area (Å²) in [7, 11) is 0.574. The molecule has 0 amide bonds. The predicted octanol–water partition coefficient (Wildman–Crippen LogP) is 3.23. The molecule has 1 heterocycles. The molecule has 134 valence electrons. The van der Waals surface area contributed by atoms with Crippen LogP contribution in [0.2, 0.25) is 0 Å². The van der Waals surface area contributed by atoms with Crippen molar-refractivity contribution in [1.82, 2.24) is 0 Å². The first-order chi connectivity index (χ1) is 10.9. The largest absolute Gasteiger partial charge is 0.573 e. The summed E-state index contributed by atoms with van der Waals surface area (Å²) in [6.07, 6.45) is -4.79. The fraction of sp³-hybridized carbons (Fsp3) is 0.600. The van der Waals surface area contributed by atoms with Gasteiger partial charge in [0.15, 0.2) is 0 Å². The van der Waals surface area contributed by atoms with Crippen molar-refractivity contribution in [2.24, 2.45) is 5.73 Å². The summed E-state index contributed by atoms with van der Waals surface area (Å²) in [5, 5.41) is 0. The Morgan fingerprint density at radius 1 is 1.12 bits per heavy atom. The van der Waals surface area contributed by atoms with Gasteiger partial charge < -0.3 is 24.5 Å². The minimum Gasteiger partial charge on any atom is -0.496 e. The van der Waals surface area contributed by atoms with E-state index in [9.17, 15) is 13.2 Å². The summed E-state index contributed by atoms with van der Waals surface area (Å²) in [6, 6.07) is 3.70. The zero-order valence-corrected chi connectivity index (χ0v) is 14.2. The van der Waals surface area contributed by atoms with E-state index in [-0.39, 0.29) is 5.75 Å². The van der Waals surface area contributed by atoms with Crippen LogP contribution in [0.25, 0.3) is 0 Å². The van der Waals surface area contributed by atoms with Gasteiger partial charge in [-0.3, -0.25) is 0 Å². The van der Waals surface area contributed by atoms with Gasteiger partial charge in [-0.1, -0.05) is 0 Å². The molecule has 1 aliphatic rings. The molecule has 0 spiro atoms. The molecule has 2 N–H and O–H groups in total. The highest BCUT2D eigenvalue weighted by Crippen LogP contribution is 2.41. The minimum atomic E-state index is -4.79. The Bertz CT molecular complexity index is 591. The second-order valence-electron chi connectivity index (χ2n) is 6.60. The summed E-state index contributed by atoms with van der Waals surface area (Å²) in [5.41, 5.74) is 5.27. The Labute approximate surface area is 139 Å². The highest BCUT2D eigenvalue weighted by Gasteiger charge is 2.53. The van der Waals surface area contributed by atoms with Crippen LogP contribution >= 0.6 is 0 Å². The van der Waals surface area contributed by atoms with Crippen LogP contribution in [0.4, 0.5) is 13.2 Å². The zero-order chi connectivity index (χ0) is 18.3. The van der Waals surface area contributed by atoms with Crippen LogP contribution in [-0.4, -0.2) is 31.8 Å². The number of hydrogen-bond acceptors (Lipinski definition) is 5. The third kappa shape index (κ3) is 3.79. The SMILES string of the molecule is COc1ccc(OC(F)(F)F)cc1[C@H](N)B1OC(C)(C)C(C)(C)O1. The predicted molar refractivity (Wildman–Crippen MR) is 82.7 cm³/mol. The first-order valence-electron chi connectivity index (χ1n) is 7.41. The topological polar surface area (TPSA) is 62.9 Å². The zero-order valence-electron chi connectivity index (χ0n) is 14.2. The van der Waals surface area contributed by atoms with Gasteiger partial charge in [-0.25, -0.2) is 0 Å². The molecule has 1 aliphatic heterocycles. The Morgan fingerprint density at radius 3 is 2.12 bits per heavy atom. The molecule has 0 aromatic heterocycles. The van der Waals surface area contributed by atoms with Crippen molar-refractivity contribution < 1.29 is 32.0 Å². The van der Waals surface area contributed by atoms with Gasteiger partial charge in [0.2, 0.25) is 0 Å². The lowest BCUT2D eigenvalue weighted by molar-refractivity contribution is -0.274. The van der Waals surface area contributed by atoms with Crippen LogP contribution in [-0.2, 0) is 9.31 Å². The van der Waals surface area contributed by atoms with E-state index in [0.29, 0.717) is 11.3 Å². The Kier molecular flexibility index (Phi) is 4.82. The first-order valence-corrected chi connectivity index (χ1v) is 7.41. The van der Waals surface area contributed by atoms with Crippen molar-refractivity contribution in [3.63, 3.8) is 0 Å². The summed E-state index contributed by atoms with van der Waals surface area (Å²) < 4.78 is 58.1. The molecule has 24 heavy (non-hydrogen) atoms. The quantitative estimate of drug-likeness (QED) is 0.848. The van der Waals surface area contributed by atoms with Crippen LogP contribution in [0, 0.1) is 0 Å². The normalized spacial score (nSPS) is 20.8. The van der Waals surface area contributed by atoms with Crippen molar-refractivity contribution in [1.29, 1.82) is 0 Å². The van der Waals surface area contributed by atoms with Gasteiger partial charge >= 0.3 is 13.5 Å². The van der Waals surface area contributed by atoms with Crippen molar-refractivity contribution in [2.75, 3.05) is 7.11 Å². The highest BCUT2D eigenvalue weighted by molar-refractivity contribution is 6.47. The van der Waals surface area contributed by atoms with E-state index in [1.807, 2.05) is 27.7 Å². The van der Waals surface area contributed by atoms with Crippen molar-refractivity contribution in [3.8, 4) is 11.5 Å². The van der Waals surface area contributed by atoms with Gasteiger partial charge in [0.05, 0.1) is 24.3 Å². The van der Waals surface area contributed by atoms with Gasteiger partial charge in [0, 0.05) is 5.56 Å². The number of nitrogens with two attached hydrogens (primary N) is 1. The third-order valence-electron chi connectivity index (χ3n) is 4.36. The van der Waals surface area contributed by atoms with E-state index in [0.717, 1.165) is 6.07 Å². The maximum atomic E-state index is 12.4. The first kappa shape index (κ1) is 18.9. The molecule has 9 heteroatoms. The Balaban J connectivity index is 2.31. The molecule has 0 saturated carbocycles. The summed E-state index contributed by atoms with van der Waals surface area (Å²) >= 11 is 0. The minimum absolute atomic E-state index is 0.303. The van der Waals surface area contributed by atoms with E-state index < -0.39 is 30.6 Å².